The van der Waals surface area contributed by atoms with Gasteiger partial charge >= 0.3 is 0 Å². The van der Waals surface area contributed by atoms with E-state index >= 15 is 0 Å². The topological polar surface area (TPSA) is 44.3 Å². The molecule has 0 saturated carbocycles. The summed E-state index contributed by atoms with van der Waals surface area (Å²) in [7, 11) is 0. The highest BCUT2D eigenvalue weighted by Crippen LogP contribution is 2.24. The molecule has 1 fully saturated rings. The van der Waals surface area contributed by atoms with Gasteiger partial charge in [-0.05, 0) is 24.6 Å². The molecule has 1 aliphatic rings. The molecule has 1 heterocycles. The Morgan fingerprint density at radius 3 is 2.41 bits per heavy atom. The summed E-state index contributed by atoms with van der Waals surface area (Å²) in [6.07, 6.45) is 1.10. The number of para-hydroxylation sites is 1. The van der Waals surface area contributed by atoms with E-state index < -0.39 is 0 Å². The fourth-order valence-corrected chi connectivity index (χ4v) is 2.84. The zero-order chi connectivity index (χ0) is 13.8. The van der Waals surface area contributed by atoms with Crippen LogP contribution in [0.1, 0.15) is 23.6 Å². The molecule has 0 amide bonds. The number of benzene rings is 2. The monoisotopic (exact) mass is 340 g/mol. The van der Waals surface area contributed by atoms with Crippen molar-refractivity contribution >= 4 is 24.8 Å². The van der Waals surface area contributed by atoms with E-state index in [1.54, 1.807) is 6.07 Å². The maximum absolute atomic E-state index is 9.81. The third-order valence-electron chi connectivity index (χ3n) is 3.93. The number of phenolic OH excluding ortho intramolecular Hbond substituents is 1. The Labute approximate surface area is 144 Å². The molecule has 2 unspecified atom stereocenters. The molecule has 3 N–H and O–H groups in total. The maximum Gasteiger partial charge on any atom is 0.120 e. The third kappa shape index (κ3) is 4.37. The van der Waals surface area contributed by atoms with Gasteiger partial charge in [-0.1, -0.05) is 48.5 Å². The van der Waals surface area contributed by atoms with Crippen molar-refractivity contribution in [1.29, 1.82) is 0 Å². The third-order valence-corrected chi connectivity index (χ3v) is 3.93. The van der Waals surface area contributed by atoms with Crippen molar-refractivity contribution in [3.8, 4) is 5.75 Å². The van der Waals surface area contributed by atoms with Crippen LogP contribution in [0.5, 0.6) is 5.75 Å². The molecule has 5 heteroatoms. The molecule has 1 saturated heterocycles. The molecule has 2 aromatic rings. The number of rotatable bonds is 4. The van der Waals surface area contributed by atoms with Gasteiger partial charge in [-0.25, -0.2) is 0 Å². The number of hydrogen-bond acceptors (Lipinski definition) is 3. The SMILES string of the molecule is Cl.Cl.Oc1ccccc1CNC1CCNC1c1ccccc1. The zero-order valence-electron chi connectivity index (χ0n) is 12.2. The molecule has 0 radical (unpaired) electrons. The van der Waals surface area contributed by atoms with E-state index in [2.05, 4.69) is 34.9 Å². The van der Waals surface area contributed by atoms with E-state index in [-0.39, 0.29) is 24.8 Å². The Hall–Kier alpha value is -1.26. The molecule has 0 aliphatic carbocycles. The number of hydrogen-bond donors (Lipinski definition) is 3. The molecule has 0 spiro atoms. The van der Waals surface area contributed by atoms with E-state index in [9.17, 15) is 5.11 Å². The van der Waals surface area contributed by atoms with Gasteiger partial charge in [-0.2, -0.15) is 0 Å². The van der Waals surface area contributed by atoms with Gasteiger partial charge in [-0.3, -0.25) is 0 Å². The highest BCUT2D eigenvalue weighted by atomic mass is 35.5. The van der Waals surface area contributed by atoms with Gasteiger partial charge in [0.15, 0.2) is 0 Å². The molecule has 0 bridgehead atoms. The van der Waals surface area contributed by atoms with Gasteiger partial charge in [0.25, 0.3) is 0 Å². The average molecular weight is 341 g/mol. The lowest BCUT2D eigenvalue weighted by molar-refractivity contribution is 0.439. The minimum atomic E-state index is 0. The summed E-state index contributed by atoms with van der Waals surface area (Å²) in [5.41, 5.74) is 2.27. The van der Waals surface area contributed by atoms with Crippen molar-refractivity contribution in [2.75, 3.05) is 6.54 Å². The predicted octanol–water partition coefficient (Wildman–Crippen LogP) is 3.43. The number of halogens is 2. The predicted molar refractivity (Wildman–Crippen MR) is 95.0 cm³/mol. The molecular formula is C17H22Cl2N2O. The zero-order valence-corrected chi connectivity index (χ0v) is 13.9. The van der Waals surface area contributed by atoms with Crippen molar-refractivity contribution in [3.63, 3.8) is 0 Å². The summed E-state index contributed by atoms with van der Waals surface area (Å²) in [5.74, 6) is 0.363. The standard InChI is InChI=1S/C17H20N2O.2ClH/c20-16-9-5-4-8-14(16)12-19-15-10-11-18-17(15)13-6-2-1-3-7-13;;/h1-9,15,17-20H,10-12H2;2*1H. The van der Waals surface area contributed by atoms with Crippen molar-refractivity contribution in [3.05, 3.63) is 65.7 Å². The number of phenols is 1. The summed E-state index contributed by atoms with van der Waals surface area (Å²) in [5, 5.41) is 16.9. The Morgan fingerprint density at radius 1 is 1.00 bits per heavy atom. The normalized spacial score (nSPS) is 20.0. The first-order chi connectivity index (χ1) is 9.84. The van der Waals surface area contributed by atoms with E-state index in [4.69, 9.17) is 0 Å². The first-order valence-electron chi connectivity index (χ1n) is 7.13. The molecular weight excluding hydrogens is 319 g/mol. The van der Waals surface area contributed by atoms with Crippen molar-refractivity contribution in [2.45, 2.75) is 25.0 Å². The van der Waals surface area contributed by atoms with Gasteiger partial charge in [0.05, 0.1) is 0 Å². The van der Waals surface area contributed by atoms with Crippen LogP contribution >= 0.6 is 24.8 Å². The van der Waals surface area contributed by atoms with Crippen LogP contribution in [0.4, 0.5) is 0 Å². The first kappa shape index (κ1) is 18.8. The lowest BCUT2D eigenvalue weighted by atomic mass is 10.0. The second-order valence-corrected chi connectivity index (χ2v) is 5.25. The van der Waals surface area contributed by atoms with Crippen LogP contribution in [0.3, 0.4) is 0 Å². The summed E-state index contributed by atoms with van der Waals surface area (Å²) in [6.45, 7) is 1.72. The van der Waals surface area contributed by atoms with Gasteiger partial charge in [0, 0.05) is 24.2 Å². The van der Waals surface area contributed by atoms with Crippen molar-refractivity contribution in [2.24, 2.45) is 0 Å². The lowest BCUT2D eigenvalue weighted by Crippen LogP contribution is -2.33. The second-order valence-electron chi connectivity index (χ2n) is 5.25. The molecule has 2 atom stereocenters. The maximum atomic E-state index is 9.81. The number of nitrogens with one attached hydrogen (secondary N) is 2. The first-order valence-corrected chi connectivity index (χ1v) is 7.13. The summed E-state index contributed by atoms with van der Waals surface area (Å²) >= 11 is 0. The molecule has 3 rings (SSSR count). The van der Waals surface area contributed by atoms with E-state index in [1.165, 1.54) is 5.56 Å². The van der Waals surface area contributed by atoms with E-state index in [0.29, 0.717) is 24.4 Å². The Morgan fingerprint density at radius 2 is 1.68 bits per heavy atom. The quantitative estimate of drug-likeness (QED) is 0.798. The minimum absolute atomic E-state index is 0. The molecule has 2 aromatic carbocycles. The van der Waals surface area contributed by atoms with E-state index in [1.807, 2.05) is 24.3 Å². The van der Waals surface area contributed by atoms with Crippen LogP contribution in [-0.2, 0) is 6.54 Å². The van der Waals surface area contributed by atoms with Crippen molar-refractivity contribution < 1.29 is 5.11 Å². The molecule has 0 aromatic heterocycles. The van der Waals surface area contributed by atoms with Crippen molar-refractivity contribution in [1.82, 2.24) is 10.6 Å². The van der Waals surface area contributed by atoms with Crippen LogP contribution in [-0.4, -0.2) is 17.7 Å². The van der Waals surface area contributed by atoms with Crippen LogP contribution in [0.15, 0.2) is 54.6 Å². The highest BCUT2D eigenvalue weighted by Gasteiger charge is 2.27. The van der Waals surface area contributed by atoms with Crippen LogP contribution in [0, 0.1) is 0 Å². The van der Waals surface area contributed by atoms with Crippen LogP contribution in [0.25, 0.3) is 0 Å². The second kappa shape index (κ2) is 9.01. The Kier molecular flexibility index (Phi) is 7.69. The Balaban J connectivity index is 0.00000121. The van der Waals surface area contributed by atoms with Gasteiger partial charge in [-0.15, -0.1) is 24.8 Å². The smallest absolute Gasteiger partial charge is 0.120 e. The summed E-state index contributed by atoms with van der Waals surface area (Å²) in [6, 6.07) is 18.8. The van der Waals surface area contributed by atoms with Gasteiger partial charge in [0.1, 0.15) is 5.75 Å². The van der Waals surface area contributed by atoms with Gasteiger partial charge < -0.3 is 15.7 Å². The molecule has 22 heavy (non-hydrogen) atoms. The summed E-state index contributed by atoms with van der Waals surface area (Å²) in [4.78, 5) is 0. The molecule has 3 nitrogen and oxygen atoms in total. The fraction of sp³-hybridized carbons (Fsp3) is 0.294. The number of aromatic hydroxyl groups is 1. The van der Waals surface area contributed by atoms with E-state index in [0.717, 1.165) is 18.5 Å². The van der Waals surface area contributed by atoms with Crippen LogP contribution in [0.2, 0.25) is 0 Å². The Bertz CT molecular complexity index is 566. The molecule has 1 aliphatic heterocycles. The van der Waals surface area contributed by atoms with Crippen LogP contribution < -0.4 is 10.6 Å². The van der Waals surface area contributed by atoms with Gasteiger partial charge in [0.2, 0.25) is 0 Å². The molecule has 120 valence electrons. The summed E-state index contributed by atoms with van der Waals surface area (Å²) < 4.78 is 0. The lowest BCUT2D eigenvalue weighted by Gasteiger charge is -2.21. The fourth-order valence-electron chi connectivity index (χ4n) is 2.84. The highest BCUT2D eigenvalue weighted by molar-refractivity contribution is 5.85. The average Bonchev–Trinajstić information content (AvgIpc) is 2.96. The largest absolute Gasteiger partial charge is 0.508 e. The minimum Gasteiger partial charge on any atom is -0.508 e.